The number of amides is 2. The van der Waals surface area contributed by atoms with Crippen molar-refractivity contribution < 1.29 is 4.79 Å². The Hall–Kier alpha value is -1.51. The third-order valence-corrected chi connectivity index (χ3v) is 4.19. The molecule has 0 fully saturated rings. The van der Waals surface area contributed by atoms with E-state index < -0.39 is 0 Å². The summed E-state index contributed by atoms with van der Waals surface area (Å²) < 4.78 is 0. The van der Waals surface area contributed by atoms with E-state index in [-0.39, 0.29) is 6.03 Å². The largest absolute Gasteiger partial charge is 0.335 e. The molecule has 23 heavy (non-hydrogen) atoms. The molecule has 3 heteroatoms. The molecule has 0 aliphatic heterocycles. The van der Waals surface area contributed by atoms with Crippen LogP contribution in [0.15, 0.2) is 30.3 Å². The fourth-order valence-corrected chi connectivity index (χ4v) is 2.76. The Balaban J connectivity index is 2.32. The highest BCUT2D eigenvalue weighted by molar-refractivity contribution is 5.74. The van der Waals surface area contributed by atoms with Crippen molar-refractivity contribution in [1.82, 2.24) is 10.6 Å². The Labute approximate surface area is 142 Å². The van der Waals surface area contributed by atoms with Gasteiger partial charge in [-0.3, -0.25) is 0 Å². The molecule has 0 radical (unpaired) electrons. The maximum atomic E-state index is 12.1. The van der Waals surface area contributed by atoms with Gasteiger partial charge in [0.1, 0.15) is 0 Å². The Kier molecular flexibility index (Phi) is 11.0. The van der Waals surface area contributed by atoms with Gasteiger partial charge in [0.2, 0.25) is 0 Å². The highest BCUT2D eigenvalue weighted by atomic mass is 16.2. The van der Waals surface area contributed by atoms with E-state index in [1.165, 1.54) is 44.9 Å². The standard InChI is InChI=1S/C20H34N2O/c1-3-5-7-12-16-19(15-9-6-4-2)22-20(23)21-17-18-13-10-8-11-14-18/h8,10-11,13-14,19H,3-7,9,12,15-17H2,1-2H3,(H2,21,22,23). The van der Waals surface area contributed by atoms with Crippen molar-refractivity contribution >= 4 is 6.03 Å². The van der Waals surface area contributed by atoms with E-state index in [4.69, 9.17) is 0 Å². The molecule has 2 N–H and O–H groups in total. The van der Waals surface area contributed by atoms with Crippen LogP contribution in [0.2, 0.25) is 0 Å². The number of hydrogen-bond donors (Lipinski definition) is 2. The van der Waals surface area contributed by atoms with Crippen molar-refractivity contribution in [1.29, 1.82) is 0 Å². The van der Waals surface area contributed by atoms with Crippen LogP contribution in [0.4, 0.5) is 4.79 Å². The molecule has 1 rings (SSSR count). The van der Waals surface area contributed by atoms with Crippen LogP contribution in [-0.4, -0.2) is 12.1 Å². The maximum Gasteiger partial charge on any atom is 0.315 e. The lowest BCUT2D eigenvalue weighted by Crippen LogP contribution is -2.41. The van der Waals surface area contributed by atoms with Crippen LogP contribution in [0.25, 0.3) is 0 Å². The van der Waals surface area contributed by atoms with Crippen molar-refractivity contribution in [3.63, 3.8) is 0 Å². The monoisotopic (exact) mass is 318 g/mol. The molecule has 0 aliphatic carbocycles. The molecule has 1 atom stereocenters. The normalized spacial score (nSPS) is 11.9. The first-order chi connectivity index (χ1) is 11.3. The number of carbonyl (C=O) groups is 1. The molecule has 0 heterocycles. The van der Waals surface area contributed by atoms with Crippen LogP contribution in [0.5, 0.6) is 0 Å². The van der Waals surface area contributed by atoms with E-state index in [0.717, 1.165) is 18.4 Å². The van der Waals surface area contributed by atoms with Gasteiger partial charge in [0.15, 0.2) is 0 Å². The summed E-state index contributed by atoms with van der Waals surface area (Å²) in [6, 6.07) is 10.3. The Morgan fingerprint density at radius 3 is 2.17 bits per heavy atom. The molecule has 130 valence electrons. The number of carbonyl (C=O) groups excluding carboxylic acids is 1. The first-order valence-corrected chi connectivity index (χ1v) is 9.34. The smallest absolute Gasteiger partial charge is 0.315 e. The zero-order chi connectivity index (χ0) is 16.8. The number of urea groups is 1. The molecule has 0 spiro atoms. The van der Waals surface area contributed by atoms with Gasteiger partial charge < -0.3 is 10.6 Å². The molecular weight excluding hydrogens is 284 g/mol. The third kappa shape index (κ3) is 9.98. The van der Waals surface area contributed by atoms with Gasteiger partial charge in [0, 0.05) is 12.6 Å². The van der Waals surface area contributed by atoms with Gasteiger partial charge in [-0.2, -0.15) is 0 Å². The lowest BCUT2D eigenvalue weighted by atomic mass is 10.0. The quantitative estimate of drug-likeness (QED) is 0.497. The first kappa shape index (κ1) is 19.5. The van der Waals surface area contributed by atoms with E-state index in [0.29, 0.717) is 12.6 Å². The summed E-state index contributed by atoms with van der Waals surface area (Å²) in [7, 11) is 0. The van der Waals surface area contributed by atoms with Crippen LogP contribution >= 0.6 is 0 Å². The SMILES string of the molecule is CCCCCCC(CCCCC)NC(=O)NCc1ccccc1. The predicted octanol–water partition coefficient (Wildman–Crippen LogP) is 5.41. The van der Waals surface area contributed by atoms with Crippen LogP contribution in [0.3, 0.4) is 0 Å². The van der Waals surface area contributed by atoms with E-state index in [2.05, 4.69) is 24.5 Å². The highest BCUT2D eigenvalue weighted by Gasteiger charge is 2.11. The van der Waals surface area contributed by atoms with E-state index in [9.17, 15) is 4.79 Å². The van der Waals surface area contributed by atoms with Crippen LogP contribution < -0.4 is 10.6 Å². The molecule has 3 nitrogen and oxygen atoms in total. The molecule has 0 aromatic heterocycles. The van der Waals surface area contributed by atoms with Gasteiger partial charge in [-0.25, -0.2) is 4.79 Å². The number of rotatable bonds is 12. The van der Waals surface area contributed by atoms with Crippen LogP contribution in [0, 0.1) is 0 Å². The van der Waals surface area contributed by atoms with E-state index in [1.807, 2.05) is 30.3 Å². The average molecular weight is 319 g/mol. The molecule has 1 unspecified atom stereocenters. The fraction of sp³-hybridized carbons (Fsp3) is 0.650. The maximum absolute atomic E-state index is 12.1. The van der Waals surface area contributed by atoms with E-state index >= 15 is 0 Å². The minimum absolute atomic E-state index is 0.0363. The molecule has 0 saturated carbocycles. The lowest BCUT2D eigenvalue weighted by Gasteiger charge is -2.19. The van der Waals surface area contributed by atoms with Crippen molar-refractivity contribution in [2.45, 2.75) is 84.2 Å². The van der Waals surface area contributed by atoms with Crippen molar-refractivity contribution in [3.05, 3.63) is 35.9 Å². The summed E-state index contributed by atoms with van der Waals surface area (Å²) >= 11 is 0. The summed E-state index contributed by atoms with van der Waals surface area (Å²) in [6.45, 7) is 5.04. The van der Waals surface area contributed by atoms with E-state index in [1.54, 1.807) is 0 Å². The molecular formula is C20H34N2O. The summed E-state index contributed by atoms with van der Waals surface area (Å²) in [5.74, 6) is 0. The minimum Gasteiger partial charge on any atom is -0.335 e. The van der Waals surface area contributed by atoms with Gasteiger partial charge in [0.05, 0.1) is 0 Å². The summed E-state index contributed by atoms with van der Waals surface area (Å²) in [5, 5.41) is 6.14. The number of unbranched alkanes of at least 4 members (excludes halogenated alkanes) is 5. The van der Waals surface area contributed by atoms with Gasteiger partial charge in [-0.15, -0.1) is 0 Å². The lowest BCUT2D eigenvalue weighted by molar-refractivity contribution is 0.234. The Morgan fingerprint density at radius 2 is 1.52 bits per heavy atom. The predicted molar refractivity (Wildman–Crippen MR) is 98.5 cm³/mol. The second kappa shape index (κ2) is 13.0. The van der Waals surface area contributed by atoms with Gasteiger partial charge in [-0.05, 0) is 18.4 Å². The summed E-state index contributed by atoms with van der Waals surface area (Å²) in [4.78, 5) is 12.1. The van der Waals surface area contributed by atoms with Crippen LogP contribution in [-0.2, 0) is 6.54 Å². The van der Waals surface area contributed by atoms with Gasteiger partial charge >= 0.3 is 6.03 Å². The van der Waals surface area contributed by atoms with Crippen LogP contribution in [0.1, 0.15) is 77.2 Å². The molecule has 1 aromatic carbocycles. The van der Waals surface area contributed by atoms with Gasteiger partial charge in [-0.1, -0.05) is 89.1 Å². The molecule has 0 saturated heterocycles. The second-order valence-corrected chi connectivity index (χ2v) is 6.35. The molecule has 0 aliphatic rings. The third-order valence-electron chi connectivity index (χ3n) is 4.19. The molecule has 1 aromatic rings. The topological polar surface area (TPSA) is 41.1 Å². The summed E-state index contributed by atoms with van der Waals surface area (Å²) in [6.07, 6.45) is 10.9. The first-order valence-electron chi connectivity index (χ1n) is 9.34. The zero-order valence-electron chi connectivity index (χ0n) is 14.9. The van der Waals surface area contributed by atoms with Crippen molar-refractivity contribution in [3.8, 4) is 0 Å². The average Bonchev–Trinajstić information content (AvgIpc) is 2.58. The zero-order valence-corrected chi connectivity index (χ0v) is 14.9. The Bertz CT molecular complexity index is 405. The van der Waals surface area contributed by atoms with Crippen molar-refractivity contribution in [2.75, 3.05) is 0 Å². The number of hydrogen-bond acceptors (Lipinski definition) is 1. The number of nitrogens with one attached hydrogen (secondary N) is 2. The molecule has 2 amide bonds. The molecule has 0 bridgehead atoms. The summed E-state index contributed by atoms with van der Waals surface area (Å²) in [5.41, 5.74) is 1.13. The minimum atomic E-state index is -0.0363. The highest BCUT2D eigenvalue weighted by Crippen LogP contribution is 2.12. The fourth-order valence-electron chi connectivity index (χ4n) is 2.76. The number of benzene rings is 1. The van der Waals surface area contributed by atoms with Crippen molar-refractivity contribution in [2.24, 2.45) is 0 Å². The Morgan fingerprint density at radius 1 is 0.913 bits per heavy atom. The van der Waals surface area contributed by atoms with Gasteiger partial charge in [0.25, 0.3) is 0 Å². The second-order valence-electron chi connectivity index (χ2n) is 6.35.